The lowest BCUT2D eigenvalue weighted by Gasteiger charge is -2.29. The van der Waals surface area contributed by atoms with E-state index in [1.54, 1.807) is 44.6 Å². The van der Waals surface area contributed by atoms with Gasteiger partial charge in [-0.05, 0) is 77.7 Å². The van der Waals surface area contributed by atoms with E-state index in [-0.39, 0.29) is 16.9 Å². The average Bonchev–Trinajstić information content (AvgIpc) is 3.65. The van der Waals surface area contributed by atoms with Crippen molar-refractivity contribution >= 4 is 49.4 Å². The second kappa shape index (κ2) is 19.0. The molecule has 0 saturated heterocycles. The fourth-order valence-electron chi connectivity index (χ4n) is 7.33. The first-order chi connectivity index (χ1) is 29.1. The number of carbonyl (C=O) groups is 2. The molecule has 1 N–H and O–H groups in total. The van der Waals surface area contributed by atoms with Gasteiger partial charge in [-0.1, -0.05) is 36.4 Å². The van der Waals surface area contributed by atoms with Crippen LogP contribution in [-0.4, -0.2) is 108 Å². The van der Waals surface area contributed by atoms with Crippen molar-refractivity contribution in [3.8, 4) is 22.8 Å². The molecule has 0 aliphatic carbocycles. The molecule has 60 heavy (non-hydrogen) atoms. The van der Waals surface area contributed by atoms with Gasteiger partial charge in [-0.2, -0.15) is 0 Å². The summed E-state index contributed by atoms with van der Waals surface area (Å²) in [6.07, 6.45) is 1.97. The Morgan fingerprint density at radius 3 is 2.32 bits per heavy atom. The average molecular weight is 837 g/mol. The summed E-state index contributed by atoms with van der Waals surface area (Å²) in [6, 6.07) is 27.2. The summed E-state index contributed by atoms with van der Waals surface area (Å²) in [7, 11) is 0.701. The minimum atomic E-state index is -3.82. The molecule has 2 aromatic heterocycles. The molecule has 3 heterocycles. The largest absolute Gasteiger partial charge is 0.493 e. The standard InChI is InChI=1S/C45H48N4O10S/c1-54-17-18-57-19-20-58-21-22-59-43-27-35-29-48(16-15-32(35)26-42(43)55-2)28-30-9-14-40-34(23-30)25-41(49(40)60(4,52)53)33-10-12-36(45(51)56-3)39(24-33)47-44(50)38-13-11-31-7-5-6-8-37(31)46-38/h5-14,23-27H,15-22,28-29H2,1-4H3,(H,47,50). The molecule has 6 aromatic rings. The highest BCUT2D eigenvalue weighted by Gasteiger charge is 2.24. The normalized spacial score (nSPS) is 13.0. The molecule has 0 fully saturated rings. The molecular weight excluding hydrogens is 789 g/mol. The molecule has 0 saturated carbocycles. The van der Waals surface area contributed by atoms with Crippen LogP contribution in [0.3, 0.4) is 0 Å². The highest BCUT2D eigenvalue weighted by Crippen LogP contribution is 2.36. The zero-order chi connectivity index (χ0) is 42.2. The van der Waals surface area contributed by atoms with Crippen LogP contribution in [0.2, 0.25) is 0 Å². The molecule has 0 spiro atoms. The van der Waals surface area contributed by atoms with Crippen LogP contribution >= 0.6 is 0 Å². The van der Waals surface area contributed by atoms with Crippen molar-refractivity contribution in [3.63, 3.8) is 0 Å². The van der Waals surface area contributed by atoms with Gasteiger partial charge in [0, 0.05) is 43.1 Å². The number of esters is 1. The van der Waals surface area contributed by atoms with Gasteiger partial charge in [-0.25, -0.2) is 22.2 Å². The first-order valence-electron chi connectivity index (χ1n) is 19.5. The molecule has 4 aromatic carbocycles. The van der Waals surface area contributed by atoms with Gasteiger partial charge in [0.1, 0.15) is 12.3 Å². The molecule has 314 valence electrons. The number of anilines is 1. The Labute approximate surface area is 349 Å². The number of benzene rings is 4. The van der Waals surface area contributed by atoms with Gasteiger partial charge in [-0.15, -0.1) is 0 Å². The number of carbonyl (C=O) groups excluding carboxylic acids is 2. The van der Waals surface area contributed by atoms with Crippen LogP contribution in [0.15, 0.2) is 91.0 Å². The summed E-state index contributed by atoms with van der Waals surface area (Å²) in [4.78, 5) is 33.2. The SMILES string of the molecule is COCCOCCOCCOc1cc2c(cc1OC)CCN(Cc1ccc3c(c1)cc(-c1ccc(C(=O)OC)c(NC(=O)c4ccc5ccccc5n4)c1)n3S(C)(=O)=O)C2. The predicted octanol–water partition coefficient (Wildman–Crippen LogP) is 6.33. The molecule has 1 amide bonds. The number of para-hydroxylation sites is 1. The molecule has 15 heteroatoms. The number of amides is 1. The van der Waals surface area contributed by atoms with Crippen LogP contribution in [0, 0.1) is 0 Å². The number of hydrogen-bond acceptors (Lipinski definition) is 12. The van der Waals surface area contributed by atoms with Gasteiger partial charge in [0.25, 0.3) is 5.91 Å². The van der Waals surface area contributed by atoms with Gasteiger partial charge >= 0.3 is 5.97 Å². The third kappa shape index (κ3) is 9.78. The Balaban J connectivity index is 1.09. The van der Waals surface area contributed by atoms with E-state index < -0.39 is 21.9 Å². The van der Waals surface area contributed by atoms with Gasteiger partial charge in [0.2, 0.25) is 10.0 Å². The van der Waals surface area contributed by atoms with Crippen molar-refractivity contribution in [1.82, 2.24) is 13.9 Å². The maximum atomic E-state index is 13.5. The fourth-order valence-corrected chi connectivity index (χ4v) is 8.37. The molecule has 0 radical (unpaired) electrons. The van der Waals surface area contributed by atoms with Crippen LogP contribution in [0.5, 0.6) is 11.5 Å². The number of pyridine rings is 1. The number of hydrogen-bond donors (Lipinski definition) is 1. The van der Waals surface area contributed by atoms with Crippen molar-refractivity contribution in [2.45, 2.75) is 19.5 Å². The summed E-state index contributed by atoms with van der Waals surface area (Å²) < 4.78 is 60.9. The van der Waals surface area contributed by atoms with Crippen LogP contribution < -0.4 is 14.8 Å². The Morgan fingerprint density at radius 2 is 1.55 bits per heavy atom. The lowest BCUT2D eigenvalue weighted by atomic mass is 9.98. The molecule has 0 atom stereocenters. The van der Waals surface area contributed by atoms with Gasteiger partial charge in [0.05, 0.1) is 81.5 Å². The molecule has 1 aliphatic heterocycles. The summed E-state index contributed by atoms with van der Waals surface area (Å²) in [5, 5.41) is 4.40. The lowest BCUT2D eigenvalue weighted by molar-refractivity contribution is 0.0178. The van der Waals surface area contributed by atoms with Crippen LogP contribution in [0.4, 0.5) is 5.69 Å². The molecular formula is C45H48N4O10S. The summed E-state index contributed by atoms with van der Waals surface area (Å²) in [6.45, 7) is 4.93. The predicted molar refractivity (Wildman–Crippen MR) is 228 cm³/mol. The van der Waals surface area contributed by atoms with Gasteiger partial charge in [-0.3, -0.25) is 9.69 Å². The van der Waals surface area contributed by atoms with E-state index in [4.69, 9.17) is 28.4 Å². The Kier molecular flexibility index (Phi) is 13.4. The number of rotatable bonds is 18. The summed E-state index contributed by atoms with van der Waals surface area (Å²) in [5.74, 6) is 0.126. The molecule has 14 nitrogen and oxygen atoms in total. The van der Waals surface area contributed by atoms with E-state index in [9.17, 15) is 18.0 Å². The van der Waals surface area contributed by atoms with Crippen LogP contribution in [0.25, 0.3) is 33.1 Å². The summed E-state index contributed by atoms with van der Waals surface area (Å²) >= 11 is 0. The van der Waals surface area contributed by atoms with E-state index in [2.05, 4.69) is 15.2 Å². The topological polar surface area (TPSA) is 157 Å². The second-order valence-electron chi connectivity index (χ2n) is 14.3. The third-order valence-corrected chi connectivity index (χ3v) is 11.3. The minimum Gasteiger partial charge on any atom is -0.493 e. The van der Waals surface area contributed by atoms with Crippen LogP contribution in [0.1, 0.15) is 37.5 Å². The summed E-state index contributed by atoms with van der Waals surface area (Å²) in [5.41, 5.74) is 5.73. The molecule has 0 bridgehead atoms. The van der Waals surface area contributed by atoms with E-state index in [0.29, 0.717) is 86.5 Å². The van der Waals surface area contributed by atoms with E-state index >= 15 is 0 Å². The highest BCUT2D eigenvalue weighted by atomic mass is 32.2. The first-order valence-corrected chi connectivity index (χ1v) is 21.3. The van der Waals surface area contributed by atoms with E-state index in [1.807, 2.05) is 54.6 Å². The number of ether oxygens (including phenoxy) is 6. The zero-order valence-electron chi connectivity index (χ0n) is 34.1. The smallest absolute Gasteiger partial charge is 0.339 e. The number of nitrogens with one attached hydrogen (secondary N) is 1. The minimum absolute atomic E-state index is 0.101. The monoisotopic (exact) mass is 836 g/mol. The Bertz CT molecular complexity index is 2630. The maximum Gasteiger partial charge on any atom is 0.339 e. The lowest BCUT2D eigenvalue weighted by Crippen LogP contribution is -2.30. The first kappa shape index (κ1) is 42.3. The van der Waals surface area contributed by atoms with E-state index in [1.165, 1.54) is 22.7 Å². The van der Waals surface area contributed by atoms with Crippen LogP contribution in [-0.2, 0) is 48.5 Å². The number of nitrogens with zero attached hydrogens (tertiary/aromatic N) is 3. The van der Waals surface area contributed by atoms with Gasteiger partial charge in [0.15, 0.2) is 11.5 Å². The van der Waals surface area contributed by atoms with Crippen molar-refractivity contribution in [2.24, 2.45) is 0 Å². The highest BCUT2D eigenvalue weighted by molar-refractivity contribution is 7.89. The number of fused-ring (bicyclic) bond motifs is 3. The number of aromatic nitrogens is 2. The fraction of sp³-hybridized carbons (Fsp3) is 0.311. The van der Waals surface area contributed by atoms with E-state index in [0.717, 1.165) is 41.1 Å². The number of methoxy groups -OCH3 is 3. The Morgan fingerprint density at radius 1 is 0.783 bits per heavy atom. The van der Waals surface area contributed by atoms with Crippen molar-refractivity contribution < 1.29 is 46.4 Å². The zero-order valence-corrected chi connectivity index (χ0v) is 34.9. The van der Waals surface area contributed by atoms with Gasteiger partial charge < -0.3 is 33.7 Å². The maximum absolute atomic E-state index is 13.5. The quantitative estimate of drug-likeness (QED) is 0.0760. The third-order valence-electron chi connectivity index (χ3n) is 10.2. The Hall–Kier alpha value is -5.84. The van der Waals surface area contributed by atoms with Crippen molar-refractivity contribution in [3.05, 3.63) is 119 Å². The van der Waals surface area contributed by atoms with Crippen molar-refractivity contribution in [2.75, 3.05) is 79.1 Å². The van der Waals surface area contributed by atoms with Crippen molar-refractivity contribution in [1.29, 1.82) is 0 Å². The molecule has 0 unspecified atom stereocenters. The molecule has 1 aliphatic rings. The second-order valence-corrected chi connectivity index (χ2v) is 16.2. The molecule has 7 rings (SSSR count).